The minimum absolute atomic E-state index is 0.0589. The molecule has 0 aliphatic rings. The lowest BCUT2D eigenvalue weighted by Gasteiger charge is -2.04. The van der Waals surface area contributed by atoms with E-state index in [4.69, 9.17) is 0 Å². The number of nitrogens with one attached hydrogen (secondary N) is 1. The molecular weight excluding hydrogens is 222 g/mol. The summed E-state index contributed by atoms with van der Waals surface area (Å²) in [6.45, 7) is 0.339. The van der Waals surface area contributed by atoms with Gasteiger partial charge in [0.25, 0.3) is 0 Å². The predicted molar refractivity (Wildman–Crippen MR) is 60.3 cm³/mol. The molecule has 86 valence electrons. The van der Waals surface area contributed by atoms with Crippen molar-refractivity contribution in [2.75, 3.05) is 5.32 Å². The Kier molecular flexibility index (Phi) is 3.20. The summed E-state index contributed by atoms with van der Waals surface area (Å²) in [4.78, 5) is 22.1. The summed E-state index contributed by atoms with van der Waals surface area (Å²) in [6.07, 6.45) is 6.20. The quantitative estimate of drug-likeness (QED) is 0.631. The number of hydrogen-bond acceptors (Lipinski definition) is 6. The molecule has 1 N–H and O–H groups in total. The maximum absolute atomic E-state index is 10.7. The van der Waals surface area contributed by atoms with Crippen molar-refractivity contribution >= 4 is 11.5 Å². The van der Waals surface area contributed by atoms with E-state index in [0.29, 0.717) is 12.2 Å². The number of aromatic nitrogens is 3. The fourth-order valence-electron chi connectivity index (χ4n) is 1.28. The molecule has 0 aliphatic heterocycles. The summed E-state index contributed by atoms with van der Waals surface area (Å²) >= 11 is 0. The Balaban J connectivity index is 2.12. The third kappa shape index (κ3) is 2.71. The highest BCUT2D eigenvalue weighted by Gasteiger charge is 2.13. The molecule has 7 nitrogen and oxygen atoms in total. The normalized spacial score (nSPS) is 9.88. The maximum Gasteiger partial charge on any atom is 0.311 e. The molecule has 2 aromatic heterocycles. The third-order valence-corrected chi connectivity index (χ3v) is 2.04. The summed E-state index contributed by atoms with van der Waals surface area (Å²) < 4.78 is 0. The Morgan fingerprint density at radius 1 is 1.29 bits per heavy atom. The van der Waals surface area contributed by atoms with Crippen LogP contribution in [0.3, 0.4) is 0 Å². The second-order valence-corrected chi connectivity index (χ2v) is 3.18. The van der Waals surface area contributed by atoms with Gasteiger partial charge in [0.1, 0.15) is 0 Å². The minimum Gasteiger partial charge on any atom is -0.359 e. The largest absolute Gasteiger partial charge is 0.359 e. The van der Waals surface area contributed by atoms with Gasteiger partial charge in [-0.3, -0.25) is 20.1 Å². The monoisotopic (exact) mass is 231 g/mol. The van der Waals surface area contributed by atoms with Crippen LogP contribution in [0.25, 0.3) is 0 Å². The van der Waals surface area contributed by atoms with Gasteiger partial charge >= 0.3 is 5.69 Å². The number of pyridine rings is 1. The van der Waals surface area contributed by atoms with E-state index in [1.807, 2.05) is 0 Å². The lowest BCUT2D eigenvalue weighted by molar-refractivity contribution is -0.384. The van der Waals surface area contributed by atoms with E-state index in [9.17, 15) is 10.1 Å². The van der Waals surface area contributed by atoms with E-state index in [2.05, 4.69) is 20.3 Å². The molecular formula is C10H9N5O2. The number of hydrogen-bond donors (Lipinski definition) is 1. The molecule has 0 saturated heterocycles. The van der Waals surface area contributed by atoms with Crippen molar-refractivity contribution in [2.24, 2.45) is 0 Å². The van der Waals surface area contributed by atoms with Crippen LogP contribution in [0.1, 0.15) is 5.69 Å². The van der Waals surface area contributed by atoms with E-state index >= 15 is 0 Å². The maximum atomic E-state index is 10.7. The van der Waals surface area contributed by atoms with Crippen molar-refractivity contribution in [2.45, 2.75) is 6.54 Å². The molecule has 0 saturated carbocycles. The van der Waals surface area contributed by atoms with Gasteiger partial charge in [-0.2, -0.15) is 0 Å². The van der Waals surface area contributed by atoms with Gasteiger partial charge in [0, 0.05) is 24.7 Å². The molecule has 0 aliphatic carbocycles. The molecule has 0 bridgehead atoms. The molecule has 0 radical (unpaired) electrons. The van der Waals surface area contributed by atoms with Gasteiger partial charge in [-0.15, -0.1) is 0 Å². The third-order valence-electron chi connectivity index (χ3n) is 2.04. The average molecular weight is 231 g/mol. The van der Waals surface area contributed by atoms with Crippen molar-refractivity contribution in [3.63, 3.8) is 0 Å². The molecule has 17 heavy (non-hydrogen) atoms. The summed E-state index contributed by atoms with van der Waals surface area (Å²) in [6, 6.07) is 2.91. The molecule has 2 aromatic rings. The van der Waals surface area contributed by atoms with Crippen LogP contribution in [-0.4, -0.2) is 19.9 Å². The predicted octanol–water partition coefficient (Wildman–Crippen LogP) is 1.39. The first-order chi connectivity index (χ1) is 8.27. The van der Waals surface area contributed by atoms with Crippen molar-refractivity contribution in [1.29, 1.82) is 0 Å². The molecule has 0 unspecified atom stereocenters. The Morgan fingerprint density at radius 2 is 2.18 bits per heavy atom. The molecule has 0 fully saturated rings. The zero-order chi connectivity index (χ0) is 12.1. The Hall–Kier alpha value is -2.57. The van der Waals surface area contributed by atoms with E-state index in [1.54, 1.807) is 18.6 Å². The van der Waals surface area contributed by atoms with Crippen LogP contribution in [0.15, 0.2) is 36.9 Å². The number of anilines is 1. The van der Waals surface area contributed by atoms with Crippen molar-refractivity contribution in [3.05, 3.63) is 52.7 Å². The first kappa shape index (κ1) is 10.9. The van der Waals surface area contributed by atoms with Crippen LogP contribution in [-0.2, 0) is 6.54 Å². The second kappa shape index (κ2) is 4.97. The average Bonchev–Trinajstić information content (AvgIpc) is 2.38. The topological polar surface area (TPSA) is 93.8 Å². The van der Waals surface area contributed by atoms with Crippen LogP contribution < -0.4 is 5.32 Å². The van der Waals surface area contributed by atoms with Crippen LogP contribution in [0.2, 0.25) is 0 Å². The fourth-order valence-corrected chi connectivity index (χ4v) is 1.28. The summed E-state index contributed by atoms with van der Waals surface area (Å²) in [7, 11) is 0. The van der Waals surface area contributed by atoms with Crippen LogP contribution in [0, 0.1) is 10.1 Å². The Labute approximate surface area is 96.7 Å². The summed E-state index contributed by atoms with van der Waals surface area (Å²) in [5, 5.41) is 13.6. The van der Waals surface area contributed by atoms with Gasteiger partial charge in [-0.1, -0.05) is 0 Å². The highest BCUT2D eigenvalue weighted by Crippen LogP contribution is 2.20. The zero-order valence-corrected chi connectivity index (χ0v) is 8.78. The highest BCUT2D eigenvalue weighted by molar-refractivity contribution is 5.55. The molecule has 0 amide bonds. The van der Waals surface area contributed by atoms with Crippen LogP contribution >= 0.6 is 0 Å². The molecule has 2 heterocycles. The highest BCUT2D eigenvalue weighted by atomic mass is 16.6. The lowest BCUT2D eigenvalue weighted by atomic mass is 10.3. The lowest BCUT2D eigenvalue weighted by Crippen LogP contribution is -2.05. The van der Waals surface area contributed by atoms with Crippen LogP contribution in [0.5, 0.6) is 0 Å². The molecule has 2 rings (SSSR count). The standard InChI is InChI=1S/C10H9N5O2/c16-15(17)9-2-1-3-13-10(9)14-7-8-6-11-4-5-12-8/h1-6H,7H2,(H,13,14). The van der Waals surface area contributed by atoms with Crippen molar-refractivity contribution in [1.82, 2.24) is 15.0 Å². The number of nitro groups is 1. The smallest absolute Gasteiger partial charge is 0.311 e. The van der Waals surface area contributed by atoms with Crippen molar-refractivity contribution in [3.8, 4) is 0 Å². The molecule has 7 heteroatoms. The second-order valence-electron chi connectivity index (χ2n) is 3.18. The van der Waals surface area contributed by atoms with Gasteiger partial charge in [0.05, 0.1) is 23.4 Å². The number of nitrogens with zero attached hydrogens (tertiary/aromatic N) is 4. The zero-order valence-electron chi connectivity index (χ0n) is 8.78. The van der Waals surface area contributed by atoms with E-state index in [-0.39, 0.29) is 11.5 Å². The SMILES string of the molecule is O=[N+]([O-])c1cccnc1NCc1cnccn1. The minimum atomic E-state index is -0.480. The van der Waals surface area contributed by atoms with E-state index in [0.717, 1.165) is 0 Å². The molecule has 0 aromatic carbocycles. The van der Waals surface area contributed by atoms with Gasteiger partial charge in [0.15, 0.2) is 0 Å². The van der Waals surface area contributed by atoms with Crippen LogP contribution in [0.4, 0.5) is 11.5 Å². The Bertz CT molecular complexity index is 517. The molecule has 0 spiro atoms. The summed E-state index contributed by atoms with van der Waals surface area (Å²) in [5.41, 5.74) is 0.629. The Morgan fingerprint density at radius 3 is 2.88 bits per heavy atom. The van der Waals surface area contributed by atoms with Gasteiger partial charge in [-0.05, 0) is 6.07 Å². The summed E-state index contributed by atoms with van der Waals surface area (Å²) in [5.74, 6) is 0.225. The van der Waals surface area contributed by atoms with Crippen molar-refractivity contribution < 1.29 is 4.92 Å². The number of rotatable bonds is 4. The van der Waals surface area contributed by atoms with Gasteiger partial charge in [0.2, 0.25) is 5.82 Å². The van der Waals surface area contributed by atoms with Gasteiger partial charge in [-0.25, -0.2) is 4.98 Å². The molecule has 0 atom stereocenters. The van der Waals surface area contributed by atoms with E-state index in [1.165, 1.54) is 18.3 Å². The van der Waals surface area contributed by atoms with Gasteiger partial charge < -0.3 is 5.32 Å². The first-order valence-electron chi connectivity index (χ1n) is 4.85. The van der Waals surface area contributed by atoms with E-state index < -0.39 is 4.92 Å². The fraction of sp³-hybridized carbons (Fsp3) is 0.100. The first-order valence-corrected chi connectivity index (χ1v) is 4.85.